The molecule has 5 heteroatoms. The van der Waals surface area contributed by atoms with Crippen LogP contribution in [0.25, 0.3) is 10.8 Å². The van der Waals surface area contributed by atoms with E-state index in [1.807, 2.05) is 6.07 Å². The summed E-state index contributed by atoms with van der Waals surface area (Å²) in [5.74, 6) is 0. The lowest BCUT2D eigenvalue weighted by molar-refractivity contribution is 0.586. The summed E-state index contributed by atoms with van der Waals surface area (Å²) in [5.41, 5.74) is 6.29. The van der Waals surface area contributed by atoms with Crippen molar-refractivity contribution < 1.29 is 8.42 Å². The van der Waals surface area contributed by atoms with Crippen LogP contribution < -0.4 is 10.5 Å². The summed E-state index contributed by atoms with van der Waals surface area (Å²) in [7, 11) is -3.52. The maximum absolute atomic E-state index is 12.1. The molecule has 2 aromatic carbocycles. The van der Waals surface area contributed by atoms with Crippen molar-refractivity contribution in [3.05, 3.63) is 49.1 Å². The molecule has 0 fully saturated rings. The number of nitrogens with two attached hydrogens (primary N) is 1. The van der Waals surface area contributed by atoms with Gasteiger partial charge in [0.25, 0.3) is 0 Å². The molecule has 0 saturated carbocycles. The van der Waals surface area contributed by atoms with E-state index in [4.69, 9.17) is 5.73 Å². The minimum atomic E-state index is -3.52. The van der Waals surface area contributed by atoms with Crippen LogP contribution in [0.3, 0.4) is 0 Å². The first-order valence-corrected chi connectivity index (χ1v) is 6.92. The first-order chi connectivity index (χ1) is 8.54. The summed E-state index contributed by atoms with van der Waals surface area (Å²) in [6.45, 7) is 3.69. The number of fused-ring (bicyclic) bond motifs is 1. The quantitative estimate of drug-likeness (QED) is 0.653. The van der Waals surface area contributed by atoms with Gasteiger partial charge in [0, 0.05) is 17.6 Å². The fourth-order valence-corrected chi connectivity index (χ4v) is 2.98. The Hall–Kier alpha value is -1.85. The summed E-state index contributed by atoms with van der Waals surface area (Å²) in [5, 5.41) is 1.46. The van der Waals surface area contributed by atoms with Crippen LogP contribution in [-0.2, 0) is 10.0 Å². The zero-order valence-electron chi connectivity index (χ0n) is 9.76. The Labute approximate surface area is 106 Å². The molecule has 3 N–H and O–H groups in total. The van der Waals surface area contributed by atoms with Crippen LogP contribution in [0.15, 0.2) is 53.9 Å². The molecule has 0 aromatic heterocycles. The molecule has 2 aromatic rings. The van der Waals surface area contributed by atoms with Gasteiger partial charge in [0.2, 0.25) is 10.0 Å². The third-order valence-corrected chi connectivity index (χ3v) is 4.05. The van der Waals surface area contributed by atoms with Crippen LogP contribution in [0.5, 0.6) is 0 Å². The van der Waals surface area contributed by atoms with E-state index in [9.17, 15) is 8.42 Å². The Morgan fingerprint density at radius 1 is 1.28 bits per heavy atom. The molecule has 0 aliphatic rings. The van der Waals surface area contributed by atoms with E-state index in [0.717, 1.165) is 5.39 Å². The average molecular weight is 262 g/mol. The predicted octanol–water partition coefficient (Wildman–Crippen LogP) is 1.89. The van der Waals surface area contributed by atoms with Gasteiger partial charge in [-0.15, -0.1) is 6.58 Å². The number of rotatable bonds is 4. The number of sulfonamides is 1. The van der Waals surface area contributed by atoms with E-state index in [2.05, 4.69) is 11.3 Å². The van der Waals surface area contributed by atoms with Crippen LogP contribution in [0.4, 0.5) is 5.69 Å². The Balaban J connectivity index is 2.61. The highest BCUT2D eigenvalue weighted by atomic mass is 32.2. The second-order valence-electron chi connectivity index (χ2n) is 3.88. The number of hydrogen-bond acceptors (Lipinski definition) is 3. The van der Waals surface area contributed by atoms with Crippen molar-refractivity contribution in [2.24, 2.45) is 0 Å². The predicted molar refractivity (Wildman–Crippen MR) is 73.7 cm³/mol. The molecule has 0 radical (unpaired) electrons. The molecule has 0 spiro atoms. The van der Waals surface area contributed by atoms with Crippen LogP contribution in [-0.4, -0.2) is 15.0 Å². The Kier molecular flexibility index (Phi) is 3.36. The molecular formula is C13H14N2O2S. The van der Waals surface area contributed by atoms with Gasteiger partial charge in [-0.3, -0.25) is 0 Å². The number of nitrogens with one attached hydrogen (secondary N) is 1. The zero-order chi connectivity index (χ0) is 13.2. The third-order valence-electron chi connectivity index (χ3n) is 2.57. The lowest BCUT2D eigenvalue weighted by Gasteiger charge is -2.08. The van der Waals surface area contributed by atoms with E-state index in [0.29, 0.717) is 11.1 Å². The Bertz CT molecular complexity index is 693. The number of nitrogen functional groups attached to an aromatic ring is 1. The van der Waals surface area contributed by atoms with Crippen molar-refractivity contribution in [3.8, 4) is 0 Å². The SMILES string of the molecule is C=CCNS(=O)(=O)c1cccc2cc(N)ccc12. The molecule has 94 valence electrons. The topological polar surface area (TPSA) is 72.2 Å². The lowest BCUT2D eigenvalue weighted by Crippen LogP contribution is -2.23. The van der Waals surface area contributed by atoms with Crippen molar-refractivity contribution in [2.45, 2.75) is 4.90 Å². The van der Waals surface area contributed by atoms with E-state index in [1.165, 1.54) is 6.08 Å². The van der Waals surface area contributed by atoms with Gasteiger partial charge in [0.1, 0.15) is 0 Å². The molecule has 0 amide bonds. The van der Waals surface area contributed by atoms with Crippen molar-refractivity contribution >= 4 is 26.5 Å². The zero-order valence-corrected chi connectivity index (χ0v) is 10.6. The number of hydrogen-bond donors (Lipinski definition) is 2. The van der Waals surface area contributed by atoms with Crippen molar-refractivity contribution in [3.63, 3.8) is 0 Å². The minimum Gasteiger partial charge on any atom is -0.399 e. The monoisotopic (exact) mass is 262 g/mol. The van der Waals surface area contributed by atoms with Crippen LogP contribution in [0.2, 0.25) is 0 Å². The first-order valence-electron chi connectivity index (χ1n) is 5.43. The largest absolute Gasteiger partial charge is 0.399 e. The molecule has 0 atom stereocenters. The molecule has 0 unspecified atom stereocenters. The molecule has 18 heavy (non-hydrogen) atoms. The normalized spacial score (nSPS) is 11.6. The van der Waals surface area contributed by atoms with Crippen LogP contribution >= 0.6 is 0 Å². The summed E-state index contributed by atoms with van der Waals surface area (Å²) in [6.07, 6.45) is 1.50. The summed E-state index contributed by atoms with van der Waals surface area (Å²) in [6, 6.07) is 10.3. The highest BCUT2D eigenvalue weighted by Gasteiger charge is 2.15. The highest BCUT2D eigenvalue weighted by Crippen LogP contribution is 2.24. The van der Waals surface area contributed by atoms with Gasteiger partial charge in [-0.1, -0.05) is 24.3 Å². The molecule has 0 aliphatic carbocycles. The van der Waals surface area contributed by atoms with Gasteiger partial charge in [0.15, 0.2) is 0 Å². The van der Waals surface area contributed by atoms with Crippen LogP contribution in [0.1, 0.15) is 0 Å². The van der Waals surface area contributed by atoms with Crippen molar-refractivity contribution in [1.82, 2.24) is 4.72 Å². The van der Waals surface area contributed by atoms with Gasteiger partial charge in [0.05, 0.1) is 4.90 Å². The van der Waals surface area contributed by atoms with Crippen molar-refractivity contribution in [1.29, 1.82) is 0 Å². The first kappa shape index (κ1) is 12.6. The smallest absolute Gasteiger partial charge is 0.241 e. The van der Waals surface area contributed by atoms with Gasteiger partial charge in [-0.25, -0.2) is 13.1 Å². The van der Waals surface area contributed by atoms with E-state index in [1.54, 1.807) is 30.3 Å². The lowest BCUT2D eigenvalue weighted by atomic mass is 10.1. The molecule has 0 heterocycles. The van der Waals surface area contributed by atoms with E-state index < -0.39 is 10.0 Å². The van der Waals surface area contributed by atoms with Crippen molar-refractivity contribution in [2.75, 3.05) is 12.3 Å². The Morgan fingerprint density at radius 3 is 2.78 bits per heavy atom. The summed E-state index contributed by atoms with van der Waals surface area (Å²) >= 11 is 0. The maximum atomic E-state index is 12.1. The second kappa shape index (κ2) is 4.80. The molecule has 0 saturated heterocycles. The van der Waals surface area contributed by atoms with Gasteiger partial charge >= 0.3 is 0 Å². The molecule has 0 bridgehead atoms. The number of benzene rings is 2. The minimum absolute atomic E-state index is 0.202. The number of anilines is 1. The summed E-state index contributed by atoms with van der Waals surface area (Å²) in [4.78, 5) is 0.252. The summed E-state index contributed by atoms with van der Waals surface area (Å²) < 4.78 is 26.7. The molecule has 0 aliphatic heterocycles. The second-order valence-corrected chi connectivity index (χ2v) is 5.61. The standard InChI is InChI=1S/C13H14N2O2S/c1-2-8-15-18(16,17)13-5-3-4-10-9-11(14)6-7-12(10)13/h2-7,9,15H,1,8,14H2. The fourth-order valence-electron chi connectivity index (χ4n) is 1.75. The fraction of sp³-hybridized carbons (Fsp3) is 0.0769. The highest BCUT2D eigenvalue weighted by molar-refractivity contribution is 7.89. The molecular weight excluding hydrogens is 248 g/mol. The average Bonchev–Trinajstić information content (AvgIpc) is 2.35. The van der Waals surface area contributed by atoms with Crippen LogP contribution in [0, 0.1) is 0 Å². The molecule has 2 rings (SSSR count). The van der Waals surface area contributed by atoms with E-state index in [-0.39, 0.29) is 11.4 Å². The maximum Gasteiger partial charge on any atom is 0.241 e. The van der Waals surface area contributed by atoms with Gasteiger partial charge in [-0.2, -0.15) is 0 Å². The van der Waals surface area contributed by atoms with Gasteiger partial charge < -0.3 is 5.73 Å². The third kappa shape index (κ3) is 2.37. The molecule has 4 nitrogen and oxygen atoms in total. The van der Waals surface area contributed by atoms with Gasteiger partial charge in [-0.05, 0) is 23.6 Å². The Morgan fingerprint density at radius 2 is 2.06 bits per heavy atom. The van der Waals surface area contributed by atoms with E-state index >= 15 is 0 Å².